The summed E-state index contributed by atoms with van der Waals surface area (Å²) >= 11 is 2.89. The second kappa shape index (κ2) is 13.0. The van der Waals surface area contributed by atoms with Gasteiger partial charge in [-0.2, -0.15) is 0 Å². The average molecular weight is 523 g/mol. The Morgan fingerprint density at radius 2 is 1.06 bits per heavy atom. The second-order valence-corrected chi connectivity index (χ2v) is 11.0. The molecule has 0 spiro atoms. The van der Waals surface area contributed by atoms with E-state index in [1.807, 2.05) is 91.0 Å². The van der Waals surface area contributed by atoms with Crippen LogP contribution in [0.3, 0.4) is 0 Å². The molecule has 3 aromatic carbocycles. The first-order valence-electron chi connectivity index (χ1n) is 10.7. The Balaban J connectivity index is 1.65. The molecule has 2 N–H and O–H groups in total. The number of hydrogen-bond donors (Lipinski definition) is 3. The molecule has 0 aliphatic carbocycles. The molecule has 7 heteroatoms. The minimum absolute atomic E-state index is 0.114. The molecule has 0 aromatic heterocycles. The van der Waals surface area contributed by atoms with Crippen molar-refractivity contribution in [2.75, 3.05) is 0 Å². The number of carbonyl (C=O) groups is 3. The summed E-state index contributed by atoms with van der Waals surface area (Å²) in [6, 6.07) is 28.5. The van der Waals surface area contributed by atoms with Crippen molar-refractivity contribution in [3.63, 3.8) is 0 Å². The summed E-state index contributed by atoms with van der Waals surface area (Å²) in [6.07, 6.45) is 0.469. The van der Waals surface area contributed by atoms with Crippen molar-refractivity contribution in [2.24, 2.45) is 0 Å². The Morgan fingerprint density at radius 3 is 1.48 bits per heavy atom. The summed E-state index contributed by atoms with van der Waals surface area (Å²) in [5.41, 5.74) is 2.85. The van der Waals surface area contributed by atoms with Gasteiger partial charge in [-0.25, -0.2) is 0 Å². The fraction of sp³-hybridized carbons (Fsp3) is 0.192. The summed E-state index contributed by atoms with van der Waals surface area (Å²) in [6.45, 7) is 0.605. The van der Waals surface area contributed by atoms with Crippen LogP contribution in [-0.2, 0) is 33.9 Å². The topological polar surface area (TPSA) is 75.3 Å². The van der Waals surface area contributed by atoms with Gasteiger partial charge in [0.1, 0.15) is 0 Å². The third-order valence-corrected chi connectivity index (χ3v) is 8.97. The van der Waals surface area contributed by atoms with Crippen molar-refractivity contribution in [1.29, 1.82) is 0 Å². The quantitative estimate of drug-likeness (QED) is 0.206. The fourth-order valence-electron chi connectivity index (χ4n) is 3.19. The third-order valence-electron chi connectivity index (χ3n) is 5.00. The van der Waals surface area contributed by atoms with Crippen LogP contribution >= 0.6 is 12.6 Å². The summed E-state index contributed by atoms with van der Waals surface area (Å²) < 4.78 is -1.12. The molecule has 0 saturated heterocycles. The van der Waals surface area contributed by atoms with E-state index in [4.69, 9.17) is 0 Å². The van der Waals surface area contributed by atoms with Crippen LogP contribution in [0.4, 0.5) is 0 Å². The number of carbonyl (C=O) groups excluding carboxylic acids is 3. The molecule has 0 radical (unpaired) electrons. The first kappa shape index (κ1) is 24.8. The van der Waals surface area contributed by atoms with Gasteiger partial charge in [-0.3, -0.25) is 0 Å². The SMILES string of the molecule is O=C([AsH]C(C(=O)NCc1ccccc1)C(=O)NCc1ccccc1)C(S)Cc1ccccc1. The van der Waals surface area contributed by atoms with Crippen molar-refractivity contribution in [1.82, 2.24) is 10.6 Å². The number of benzene rings is 3. The van der Waals surface area contributed by atoms with Crippen molar-refractivity contribution < 1.29 is 14.4 Å². The zero-order valence-corrected chi connectivity index (χ0v) is 21.1. The number of rotatable bonds is 11. The monoisotopic (exact) mass is 522 g/mol. The molecule has 0 fully saturated rings. The maximum absolute atomic E-state index is 13.0. The molecule has 2 atom stereocenters. The van der Waals surface area contributed by atoms with E-state index in [1.54, 1.807) is 0 Å². The van der Waals surface area contributed by atoms with Gasteiger partial charge in [0.25, 0.3) is 0 Å². The van der Waals surface area contributed by atoms with Gasteiger partial charge in [0.05, 0.1) is 0 Å². The summed E-state index contributed by atoms with van der Waals surface area (Å²) in [5.74, 6) is -0.837. The van der Waals surface area contributed by atoms with E-state index in [1.165, 1.54) is 0 Å². The second-order valence-electron chi connectivity index (χ2n) is 7.55. The molecule has 0 heterocycles. The summed E-state index contributed by atoms with van der Waals surface area (Å²) in [4.78, 5) is 38.9. The minimum atomic E-state index is -1.59. The van der Waals surface area contributed by atoms with E-state index >= 15 is 0 Å². The van der Waals surface area contributed by atoms with Crippen LogP contribution < -0.4 is 10.6 Å². The summed E-state index contributed by atoms with van der Waals surface area (Å²) in [7, 11) is 0. The molecule has 170 valence electrons. The van der Waals surface area contributed by atoms with Gasteiger partial charge in [-0.1, -0.05) is 0 Å². The molecular formula is C26H27AsN2O3S. The fourth-order valence-corrected chi connectivity index (χ4v) is 5.98. The Morgan fingerprint density at radius 1 is 0.667 bits per heavy atom. The van der Waals surface area contributed by atoms with E-state index < -0.39 is 37.5 Å². The van der Waals surface area contributed by atoms with E-state index in [9.17, 15) is 14.4 Å². The van der Waals surface area contributed by atoms with E-state index in [-0.39, 0.29) is 4.57 Å². The molecule has 0 saturated carbocycles. The molecule has 33 heavy (non-hydrogen) atoms. The molecule has 5 nitrogen and oxygen atoms in total. The van der Waals surface area contributed by atoms with Crippen LogP contribution in [0.2, 0.25) is 4.71 Å². The van der Waals surface area contributed by atoms with E-state index in [0.29, 0.717) is 19.5 Å². The van der Waals surface area contributed by atoms with Crippen molar-refractivity contribution in [3.05, 3.63) is 108 Å². The average Bonchev–Trinajstić information content (AvgIpc) is 2.86. The van der Waals surface area contributed by atoms with Crippen LogP contribution in [0, 0.1) is 0 Å². The normalized spacial score (nSPS) is 11.9. The van der Waals surface area contributed by atoms with Gasteiger partial charge in [-0.05, 0) is 0 Å². The molecule has 2 amide bonds. The Labute approximate surface area is 206 Å². The Hall–Kier alpha value is -2.82. The van der Waals surface area contributed by atoms with Crippen LogP contribution in [0.15, 0.2) is 91.0 Å². The van der Waals surface area contributed by atoms with Crippen LogP contribution in [0.5, 0.6) is 0 Å². The van der Waals surface area contributed by atoms with Gasteiger partial charge in [-0.15, -0.1) is 0 Å². The van der Waals surface area contributed by atoms with Crippen LogP contribution in [-0.4, -0.2) is 37.4 Å². The predicted molar refractivity (Wildman–Crippen MR) is 135 cm³/mol. The number of amides is 2. The molecule has 0 aliphatic heterocycles. The van der Waals surface area contributed by atoms with Crippen molar-refractivity contribution >= 4 is 44.8 Å². The third kappa shape index (κ3) is 8.23. The molecule has 2 unspecified atom stereocenters. The first-order valence-corrected chi connectivity index (χ1v) is 13.5. The summed E-state index contributed by atoms with van der Waals surface area (Å²) in [5, 5.41) is 5.11. The van der Waals surface area contributed by atoms with Crippen LogP contribution in [0.1, 0.15) is 16.7 Å². The number of hydrogen-bond acceptors (Lipinski definition) is 4. The standard InChI is InChI=1S/C26H27AsN2O3S/c30-24(22(33)16-19-10-4-1-5-11-19)27-23(25(31)28-17-20-12-6-2-7-13-20)26(32)29-18-21-14-8-3-9-15-21/h1-15,22-23,27,33H,16-18H2,(H,28,31)(H,29,32). The van der Waals surface area contributed by atoms with Crippen molar-refractivity contribution in [3.8, 4) is 0 Å². The number of thiol groups is 1. The molecule has 0 aliphatic rings. The van der Waals surface area contributed by atoms with Gasteiger partial charge >= 0.3 is 207 Å². The van der Waals surface area contributed by atoms with E-state index in [2.05, 4.69) is 23.3 Å². The zero-order valence-electron chi connectivity index (χ0n) is 18.1. The Bertz CT molecular complexity index is 993. The van der Waals surface area contributed by atoms with Gasteiger partial charge in [0.2, 0.25) is 0 Å². The van der Waals surface area contributed by atoms with Gasteiger partial charge in [0, 0.05) is 0 Å². The predicted octanol–water partition coefficient (Wildman–Crippen LogP) is 2.91. The maximum atomic E-state index is 13.0. The van der Waals surface area contributed by atoms with Gasteiger partial charge in [0.15, 0.2) is 0 Å². The molecule has 3 aromatic rings. The molecule has 3 rings (SSSR count). The van der Waals surface area contributed by atoms with Crippen molar-refractivity contribution in [2.45, 2.75) is 29.5 Å². The molecule has 0 bridgehead atoms. The first-order chi connectivity index (χ1) is 16.0. The zero-order chi connectivity index (χ0) is 23.5. The van der Waals surface area contributed by atoms with Gasteiger partial charge < -0.3 is 0 Å². The van der Waals surface area contributed by atoms with Crippen LogP contribution in [0.25, 0.3) is 0 Å². The molecular weight excluding hydrogens is 495 g/mol. The van der Waals surface area contributed by atoms with E-state index in [0.717, 1.165) is 16.7 Å². The number of nitrogens with one attached hydrogen (secondary N) is 2. The Kier molecular flexibility index (Phi) is 9.79.